The van der Waals surface area contributed by atoms with Gasteiger partial charge in [-0.2, -0.15) is 0 Å². The van der Waals surface area contributed by atoms with Crippen molar-refractivity contribution in [2.45, 2.75) is 51.1 Å². The molecule has 1 saturated carbocycles. The van der Waals surface area contributed by atoms with Gasteiger partial charge in [0.15, 0.2) is 11.5 Å². The van der Waals surface area contributed by atoms with Crippen LogP contribution in [-0.4, -0.2) is 29.7 Å². The fourth-order valence-corrected chi connectivity index (χ4v) is 3.99. The summed E-state index contributed by atoms with van der Waals surface area (Å²) in [6.07, 6.45) is 8.33. The Morgan fingerprint density at radius 1 is 1.20 bits per heavy atom. The van der Waals surface area contributed by atoms with Crippen LogP contribution in [0.25, 0.3) is 0 Å². The Morgan fingerprint density at radius 2 is 2.00 bits per heavy atom. The van der Waals surface area contributed by atoms with Gasteiger partial charge in [-0.15, -0.1) is 0 Å². The Morgan fingerprint density at radius 3 is 2.70 bits per heavy atom. The third-order valence-electron chi connectivity index (χ3n) is 4.99. The Labute approximate surface area is 121 Å². The Bertz CT molecular complexity index is 454. The lowest BCUT2D eigenvalue weighted by Gasteiger charge is -2.29. The summed E-state index contributed by atoms with van der Waals surface area (Å²) in [4.78, 5) is 2.62. The molecule has 0 aromatic heterocycles. The number of phenolic OH excluding ortho intramolecular Hbond substituents is 1. The number of likely N-dealkylation sites (tertiary alicyclic amines) is 1. The number of rotatable bonds is 4. The summed E-state index contributed by atoms with van der Waals surface area (Å²) in [5.74, 6) is 1.72. The van der Waals surface area contributed by atoms with Gasteiger partial charge in [-0.1, -0.05) is 18.9 Å². The Hall–Kier alpha value is -1.22. The molecule has 1 unspecified atom stereocenters. The summed E-state index contributed by atoms with van der Waals surface area (Å²) >= 11 is 0. The van der Waals surface area contributed by atoms with Crippen molar-refractivity contribution in [3.63, 3.8) is 0 Å². The van der Waals surface area contributed by atoms with Crippen LogP contribution in [0.2, 0.25) is 0 Å². The van der Waals surface area contributed by atoms with Crippen molar-refractivity contribution >= 4 is 0 Å². The van der Waals surface area contributed by atoms with Crippen LogP contribution in [0.1, 0.15) is 44.1 Å². The molecule has 1 aliphatic carbocycles. The SMILES string of the molecule is COc1ccc(CN2CCCC2C2CCCC2)cc1O. The number of hydrogen-bond donors (Lipinski definition) is 1. The molecule has 1 saturated heterocycles. The molecule has 1 aliphatic heterocycles. The van der Waals surface area contributed by atoms with E-state index < -0.39 is 0 Å². The van der Waals surface area contributed by atoms with Crippen LogP contribution in [0, 0.1) is 5.92 Å². The van der Waals surface area contributed by atoms with Gasteiger partial charge < -0.3 is 9.84 Å². The van der Waals surface area contributed by atoms with E-state index in [1.165, 1.54) is 50.6 Å². The van der Waals surface area contributed by atoms with Crippen molar-refractivity contribution in [2.24, 2.45) is 5.92 Å². The minimum Gasteiger partial charge on any atom is -0.504 e. The monoisotopic (exact) mass is 275 g/mol. The topological polar surface area (TPSA) is 32.7 Å². The highest BCUT2D eigenvalue weighted by Gasteiger charge is 2.33. The molecule has 0 bridgehead atoms. The van der Waals surface area contributed by atoms with Crippen LogP contribution in [0.5, 0.6) is 11.5 Å². The van der Waals surface area contributed by atoms with Gasteiger partial charge in [0.05, 0.1) is 7.11 Å². The number of benzene rings is 1. The zero-order valence-corrected chi connectivity index (χ0v) is 12.3. The maximum absolute atomic E-state index is 9.90. The van der Waals surface area contributed by atoms with Crippen LogP contribution in [0.3, 0.4) is 0 Å². The van der Waals surface area contributed by atoms with E-state index in [0.29, 0.717) is 5.75 Å². The van der Waals surface area contributed by atoms with E-state index in [2.05, 4.69) is 11.0 Å². The van der Waals surface area contributed by atoms with E-state index in [1.54, 1.807) is 7.11 Å². The first-order chi connectivity index (χ1) is 9.78. The van der Waals surface area contributed by atoms with Crippen LogP contribution in [0.15, 0.2) is 18.2 Å². The molecule has 0 radical (unpaired) electrons. The molecular weight excluding hydrogens is 250 g/mol. The molecule has 0 spiro atoms. The molecule has 1 aromatic carbocycles. The van der Waals surface area contributed by atoms with Gasteiger partial charge in [-0.05, 0) is 55.8 Å². The van der Waals surface area contributed by atoms with E-state index in [0.717, 1.165) is 18.5 Å². The number of phenols is 1. The quantitative estimate of drug-likeness (QED) is 0.912. The van der Waals surface area contributed by atoms with E-state index in [1.807, 2.05) is 12.1 Å². The molecule has 1 heterocycles. The molecule has 3 nitrogen and oxygen atoms in total. The molecule has 1 atom stereocenters. The second-order valence-corrected chi connectivity index (χ2v) is 6.23. The standard InChI is InChI=1S/C17H25NO2/c1-20-17-9-8-13(11-16(17)19)12-18-10-4-7-15(18)14-5-2-3-6-14/h8-9,11,14-15,19H,2-7,10,12H2,1H3. The lowest BCUT2D eigenvalue weighted by Crippen LogP contribution is -2.34. The zero-order valence-electron chi connectivity index (χ0n) is 12.3. The molecule has 110 valence electrons. The number of aromatic hydroxyl groups is 1. The lowest BCUT2D eigenvalue weighted by molar-refractivity contribution is 0.183. The number of ether oxygens (including phenoxy) is 1. The molecule has 1 aromatic rings. The highest BCUT2D eigenvalue weighted by molar-refractivity contribution is 5.41. The van der Waals surface area contributed by atoms with Gasteiger partial charge in [0.2, 0.25) is 0 Å². The van der Waals surface area contributed by atoms with E-state index in [4.69, 9.17) is 4.74 Å². The second kappa shape index (κ2) is 6.04. The van der Waals surface area contributed by atoms with Crippen molar-refractivity contribution in [1.29, 1.82) is 0 Å². The van der Waals surface area contributed by atoms with E-state index >= 15 is 0 Å². The van der Waals surface area contributed by atoms with Crippen molar-refractivity contribution in [2.75, 3.05) is 13.7 Å². The fourth-order valence-electron chi connectivity index (χ4n) is 3.99. The average molecular weight is 275 g/mol. The fraction of sp³-hybridized carbons (Fsp3) is 0.647. The summed E-state index contributed by atoms with van der Waals surface area (Å²) in [6.45, 7) is 2.16. The summed E-state index contributed by atoms with van der Waals surface area (Å²) in [6, 6.07) is 6.55. The lowest BCUT2D eigenvalue weighted by atomic mass is 9.96. The van der Waals surface area contributed by atoms with Gasteiger partial charge in [0.1, 0.15) is 0 Å². The second-order valence-electron chi connectivity index (χ2n) is 6.23. The Balaban J connectivity index is 1.68. The summed E-state index contributed by atoms with van der Waals surface area (Å²) in [5, 5.41) is 9.90. The molecular formula is C17H25NO2. The van der Waals surface area contributed by atoms with Crippen molar-refractivity contribution < 1.29 is 9.84 Å². The van der Waals surface area contributed by atoms with Gasteiger partial charge in [0.25, 0.3) is 0 Å². The number of hydrogen-bond acceptors (Lipinski definition) is 3. The van der Waals surface area contributed by atoms with Crippen LogP contribution < -0.4 is 4.74 Å². The maximum atomic E-state index is 9.90. The third-order valence-corrected chi connectivity index (χ3v) is 4.99. The maximum Gasteiger partial charge on any atom is 0.160 e. The predicted octanol–water partition coefficient (Wildman–Crippen LogP) is 3.56. The highest BCUT2D eigenvalue weighted by Crippen LogP contribution is 2.36. The predicted molar refractivity (Wildman–Crippen MR) is 80.0 cm³/mol. The normalized spacial score (nSPS) is 24.4. The molecule has 0 amide bonds. The highest BCUT2D eigenvalue weighted by atomic mass is 16.5. The molecule has 1 N–H and O–H groups in total. The minimum atomic E-state index is 0.251. The zero-order chi connectivity index (χ0) is 13.9. The van der Waals surface area contributed by atoms with Crippen LogP contribution >= 0.6 is 0 Å². The first-order valence-electron chi connectivity index (χ1n) is 7.88. The van der Waals surface area contributed by atoms with E-state index in [-0.39, 0.29) is 5.75 Å². The summed E-state index contributed by atoms with van der Waals surface area (Å²) in [5.41, 5.74) is 1.19. The molecule has 2 aliphatic rings. The first kappa shape index (κ1) is 13.7. The van der Waals surface area contributed by atoms with Gasteiger partial charge in [-0.3, -0.25) is 4.90 Å². The molecule has 3 heteroatoms. The van der Waals surface area contributed by atoms with Gasteiger partial charge in [0, 0.05) is 12.6 Å². The number of methoxy groups -OCH3 is 1. The minimum absolute atomic E-state index is 0.251. The summed E-state index contributed by atoms with van der Waals surface area (Å²) in [7, 11) is 1.59. The number of nitrogens with zero attached hydrogens (tertiary/aromatic N) is 1. The summed E-state index contributed by atoms with van der Waals surface area (Å²) < 4.78 is 5.11. The van der Waals surface area contributed by atoms with Crippen LogP contribution in [-0.2, 0) is 6.54 Å². The van der Waals surface area contributed by atoms with E-state index in [9.17, 15) is 5.11 Å². The largest absolute Gasteiger partial charge is 0.504 e. The van der Waals surface area contributed by atoms with Crippen molar-refractivity contribution in [3.8, 4) is 11.5 Å². The van der Waals surface area contributed by atoms with Gasteiger partial charge in [-0.25, -0.2) is 0 Å². The van der Waals surface area contributed by atoms with Crippen LogP contribution in [0.4, 0.5) is 0 Å². The average Bonchev–Trinajstić information content (AvgIpc) is 3.09. The Kier molecular flexibility index (Phi) is 4.16. The van der Waals surface area contributed by atoms with Gasteiger partial charge >= 0.3 is 0 Å². The molecule has 2 fully saturated rings. The molecule has 3 rings (SSSR count). The third kappa shape index (κ3) is 2.78. The smallest absolute Gasteiger partial charge is 0.160 e. The first-order valence-corrected chi connectivity index (χ1v) is 7.88. The van der Waals surface area contributed by atoms with Crippen molar-refractivity contribution in [3.05, 3.63) is 23.8 Å². The molecule has 20 heavy (non-hydrogen) atoms. The van der Waals surface area contributed by atoms with Crippen molar-refractivity contribution in [1.82, 2.24) is 4.90 Å².